The summed E-state index contributed by atoms with van der Waals surface area (Å²) in [5.74, 6) is 0.0651. The molecule has 2 N–H and O–H groups in total. The molecule has 6 nitrogen and oxygen atoms in total. The van der Waals surface area contributed by atoms with Crippen LogP contribution in [-0.2, 0) is 14.9 Å². The second kappa shape index (κ2) is 9.96. The fraction of sp³-hybridized carbons (Fsp3) is 0.440. The molecule has 6 heteroatoms. The molecule has 0 unspecified atom stereocenters. The SMILES string of the molecule is C[C@H](Oc1ccc(C(C)(C)C)cc1)C(=O)Nc1ccccc1C(=O)NC[C@@H]1CCCO1. The Morgan fingerprint density at radius 3 is 2.48 bits per heavy atom. The van der Waals surface area contributed by atoms with Gasteiger partial charge in [-0.15, -0.1) is 0 Å². The van der Waals surface area contributed by atoms with Crippen LogP contribution in [0.2, 0.25) is 0 Å². The quantitative estimate of drug-likeness (QED) is 0.695. The van der Waals surface area contributed by atoms with Gasteiger partial charge < -0.3 is 20.1 Å². The Morgan fingerprint density at radius 2 is 1.84 bits per heavy atom. The highest BCUT2D eigenvalue weighted by Gasteiger charge is 2.21. The summed E-state index contributed by atoms with van der Waals surface area (Å²) >= 11 is 0. The van der Waals surface area contributed by atoms with Crippen LogP contribution < -0.4 is 15.4 Å². The van der Waals surface area contributed by atoms with Crippen molar-refractivity contribution in [2.24, 2.45) is 0 Å². The largest absolute Gasteiger partial charge is 0.481 e. The van der Waals surface area contributed by atoms with E-state index < -0.39 is 6.10 Å². The molecule has 1 heterocycles. The minimum Gasteiger partial charge on any atom is -0.481 e. The third kappa shape index (κ3) is 6.31. The third-order valence-corrected chi connectivity index (χ3v) is 5.35. The maximum atomic E-state index is 12.7. The number of carbonyl (C=O) groups is 2. The molecule has 1 fully saturated rings. The second-order valence-corrected chi connectivity index (χ2v) is 8.91. The Bertz CT molecular complexity index is 896. The Morgan fingerprint density at radius 1 is 1.13 bits per heavy atom. The number of nitrogens with one attached hydrogen (secondary N) is 2. The topological polar surface area (TPSA) is 76.7 Å². The van der Waals surface area contributed by atoms with Crippen LogP contribution in [0.15, 0.2) is 48.5 Å². The first-order chi connectivity index (χ1) is 14.7. The first-order valence-electron chi connectivity index (χ1n) is 10.8. The summed E-state index contributed by atoms with van der Waals surface area (Å²) in [6, 6.07) is 14.7. The summed E-state index contributed by atoms with van der Waals surface area (Å²) in [5, 5.41) is 5.71. The van der Waals surface area contributed by atoms with E-state index >= 15 is 0 Å². The summed E-state index contributed by atoms with van der Waals surface area (Å²) in [4.78, 5) is 25.3. The molecule has 2 atom stereocenters. The Labute approximate surface area is 184 Å². The van der Waals surface area contributed by atoms with Crippen LogP contribution in [-0.4, -0.2) is 37.2 Å². The molecule has 0 radical (unpaired) electrons. The van der Waals surface area contributed by atoms with Crippen molar-refractivity contribution >= 4 is 17.5 Å². The van der Waals surface area contributed by atoms with E-state index in [4.69, 9.17) is 9.47 Å². The van der Waals surface area contributed by atoms with Gasteiger partial charge in [0.05, 0.1) is 17.4 Å². The molecule has 2 aromatic carbocycles. The van der Waals surface area contributed by atoms with E-state index in [9.17, 15) is 9.59 Å². The van der Waals surface area contributed by atoms with E-state index in [-0.39, 0.29) is 23.3 Å². The molecule has 0 aromatic heterocycles. The van der Waals surface area contributed by atoms with Gasteiger partial charge in [0.2, 0.25) is 0 Å². The zero-order chi connectivity index (χ0) is 22.4. The van der Waals surface area contributed by atoms with Crippen LogP contribution in [0.1, 0.15) is 56.5 Å². The minimum absolute atomic E-state index is 0.0513. The molecule has 1 saturated heterocycles. The summed E-state index contributed by atoms with van der Waals surface area (Å²) < 4.78 is 11.3. The number of amides is 2. The number of rotatable bonds is 7. The minimum atomic E-state index is -0.719. The molecule has 2 amide bonds. The number of ether oxygens (including phenoxy) is 2. The van der Waals surface area contributed by atoms with Crippen molar-refractivity contribution in [3.8, 4) is 5.75 Å². The summed E-state index contributed by atoms with van der Waals surface area (Å²) in [6.07, 6.45) is 1.31. The van der Waals surface area contributed by atoms with E-state index in [1.165, 1.54) is 5.56 Å². The maximum Gasteiger partial charge on any atom is 0.265 e. The van der Waals surface area contributed by atoms with E-state index in [2.05, 4.69) is 31.4 Å². The van der Waals surface area contributed by atoms with Crippen LogP contribution in [0.4, 0.5) is 5.69 Å². The highest BCUT2D eigenvalue weighted by Crippen LogP contribution is 2.25. The van der Waals surface area contributed by atoms with Gasteiger partial charge in [-0.25, -0.2) is 0 Å². The molecule has 2 aromatic rings. The normalized spacial score (nSPS) is 17.1. The van der Waals surface area contributed by atoms with Gasteiger partial charge in [0.1, 0.15) is 5.75 Å². The zero-order valence-electron chi connectivity index (χ0n) is 18.7. The van der Waals surface area contributed by atoms with Crippen molar-refractivity contribution in [2.75, 3.05) is 18.5 Å². The van der Waals surface area contributed by atoms with Crippen molar-refractivity contribution in [1.82, 2.24) is 5.32 Å². The Kier molecular flexibility index (Phi) is 7.33. The highest BCUT2D eigenvalue weighted by molar-refractivity contribution is 6.04. The van der Waals surface area contributed by atoms with Gasteiger partial charge in [0.15, 0.2) is 6.10 Å². The van der Waals surface area contributed by atoms with Crippen LogP contribution in [0.25, 0.3) is 0 Å². The molecule has 3 rings (SSSR count). The van der Waals surface area contributed by atoms with Crippen molar-refractivity contribution < 1.29 is 19.1 Å². The molecule has 0 bridgehead atoms. The monoisotopic (exact) mass is 424 g/mol. The van der Waals surface area contributed by atoms with Crippen LogP contribution in [0.3, 0.4) is 0 Å². The van der Waals surface area contributed by atoms with Gasteiger partial charge >= 0.3 is 0 Å². The lowest BCUT2D eigenvalue weighted by atomic mass is 9.87. The van der Waals surface area contributed by atoms with Gasteiger partial charge in [-0.2, -0.15) is 0 Å². The van der Waals surface area contributed by atoms with Gasteiger partial charge in [-0.3, -0.25) is 9.59 Å². The van der Waals surface area contributed by atoms with E-state index in [0.717, 1.165) is 19.4 Å². The van der Waals surface area contributed by atoms with Crippen molar-refractivity contribution in [2.45, 2.75) is 58.2 Å². The molecule has 0 aliphatic carbocycles. The number of hydrogen-bond donors (Lipinski definition) is 2. The average Bonchev–Trinajstić information content (AvgIpc) is 3.26. The van der Waals surface area contributed by atoms with Gasteiger partial charge in [-0.1, -0.05) is 45.0 Å². The molecule has 31 heavy (non-hydrogen) atoms. The second-order valence-electron chi connectivity index (χ2n) is 8.91. The Hall–Kier alpha value is -2.86. The lowest BCUT2D eigenvalue weighted by Gasteiger charge is -2.20. The first kappa shape index (κ1) is 22.8. The predicted octanol–water partition coefficient (Wildman–Crippen LogP) is 4.30. The summed E-state index contributed by atoms with van der Waals surface area (Å²) in [5.41, 5.74) is 2.11. The molecule has 166 valence electrons. The fourth-order valence-corrected chi connectivity index (χ4v) is 3.42. The molecular formula is C25H32N2O4. The first-order valence-corrected chi connectivity index (χ1v) is 10.8. The van der Waals surface area contributed by atoms with Gasteiger partial charge in [0, 0.05) is 13.2 Å². The van der Waals surface area contributed by atoms with Crippen LogP contribution in [0, 0.1) is 0 Å². The number of anilines is 1. The van der Waals surface area contributed by atoms with Crippen molar-refractivity contribution in [1.29, 1.82) is 0 Å². The van der Waals surface area contributed by atoms with Gasteiger partial charge in [-0.05, 0) is 55.0 Å². The van der Waals surface area contributed by atoms with E-state index in [1.54, 1.807) is 31.2 Å². The van der Waals surface area contributed by atoms with Crippen molar-refractivity contribution in [3.63, 3.8) is 0 Å². The number of carbonyl (C=O) groups excluding carboxylic acids is 2. The number of benzene rings is 2. The molecule has 0 spiro atoms. The highest BCUT2D eigenvalue weighted by atomic mass is 16.5. The molecule has 1 aliphatic rings. The summed E-state index contributed by atoms with van der Waals surface area (Å²) in [7, 11) is 0. The lowest BCUT2D eigenvalue weighted by molar-refractivity contribution is -0.122. The lowest BCUT2D eigenvalue weighted by Crippen LogP contribution is -2.34. The van der Waals surface area contributed by atoms with Gasteiger partial charge in [0.25, 0.3) is 11.8 Å². The number of para-hydroxylation sites is 1. The van der Waals surface area contributed by atoms with E-state index in [1.807, 2.05) is 24.3 Å². The third-order valence-electron chi connectivity index (χ3n) is 5.35. The van der Waals surface area contributed by atoms with E-state index in [0.29, 0.717) is 23.5 Å². The molecule has 1 aliphatic heterocycles. The van der Waals surface area contributed by atoms with Crippen molar-refractivity contribution in [3.05, 3.63) is 59.7 Å². The molecular weight excluding hydrogens is 392 g/mol. The van der Waals surface area contributed by atoms with Crippen LogP contribution >= 0.6 is 0 Å². The maximum absolute atomic E-state index is 12.7. The standard InChI is InChI=1S/C25H32N2O4/c1-17(31-19-13-11-18(12-14-19)25(2,3)4)23(28)27-22-10-6-5-9-21(22)24(29)26-16-20-8-7-15-30-20/h5-6,9-14,17,20H,7-8,15-16H2,1-4H3,(H,26,29)(H,27,28)/t17-,20-/m0/s1. The average molecular weight is 425 g/mol. The Balaban J connectivity index is 1.59. The smallest absolute Gasteiger partial charge is 0.265 e. The summed E-state index contributed by atoms with van der Waals surface area (Å²) in [6.45, 7) is 9.33. The predicted molar refractivity (Wildman–Crippen MR) is 122 cm³/mol. The molecule has 0 saturated carbocycles. The zero-order valence-corrected chi connectivity index (χ0v) is 18.7. The number of hydrogen-bond acceptors (Lipinski definition) is 4. The fourth-order valence-electron chi connectivity index (χ4n) is 3.42. The van der Waals surface area contributed by atoms with Crippen LogP contribution in [0.5, 0.6) is 5.75 Å².